The molecule has 0 aliphatic heterocycles. The van der Waals surface area contributed by atoms with Crippen LogP contribution in [0.3, 0.4) is 0 Å². The third-order valence-corrected chi connectivity index (χ3v) is 2.81. The molecule has 20 heavy (non-hydrogen) atoms. The molecule has 0 aliphatic carbocycles. The summed E-state index contributed by atoms with van der Waals surface area (Å²) in [4.78, 5) is 26.1. The second kappa shape index (κ2) is 5.52. The van der Waals surface area contributed by atoms with Gasteiger partial charge in [0.25, 0.3) is 5.69 Å². The average molecular weight is 275 g/mol. The lowest BCUT2D eigenvalue weighted by Crippen LogP contribution is -2.14. The molecule has 0 radical (unpaired) electrons. The van der Waals surface area contributed by atoms with E-state index < -0.39 is 11.0 Å². The van der Waals surface area contributed by atoms with Crippen LogP contribution < -0.4 is 0 Å². The second-order valence-corrected chi connectivity index (χ2v) is 4.29. The van der Waals surface area contributed by atoms with E-state index in [0.717, 1.165) is 5.56 Å². The Kier molecular flexibility index (Phi) is 3.79. The van der Waals surface area contributed by atoms with Gasteiger partial charge in [-0.15, -0.1) is 0 Å². The number of aryl methyl sites for hydroxylation is 2. The van der Waals surface area contributed by atoms with Crippen LogP contribution in [0.15, 0.2) is 30.6 Å². The smallest absolute Gasteiger partial charge is 0.419 e. The van der Waals surface area contributed by atoms with Crippen LogP contribution in [0.1, 0.15) is 17.0 Å². The van der Waals surface area contributed by atoms with Gasteiger partial charge in [-0.05, 0) is 19.9 Å². The molecular formula is C13H13N3O4. The molecule has 1 aromatic heterocycles. The average Bonchev–Trinajstić information content (AvgIpc) is 2.82. The molecule has 0 fully saturated rings. The fraction of sp³-hybridized carbons (Fsp3) is 0.231. The highest BCUT2D eigenvalue weighted by atomic mass is 16.6. The van der Waals surface area contributed by atoms with Gasteiger partial charge in [-0.2, -0.15) is 0 Å². The number of aromatic nitrogens is 2. The zero-order valence-corrected chi connectivity index (χ0v) is 11.1. The Labute approximate surface area is 115 Å². The first-order valence-electron chi connectivity index (χ1n) is 5.90. The van der Waals surface area contributed by atoms with Crippen molar-refractivity contribution in [1.29, 1.82) is 0 Å². The van der Waals surface area contributed by atoms with Crippen molar-refractivity contribution in [2.45, 2.75) is 20.5 Å². The van der Waals surface area contributed by atoms with Crippen LogP contribution in [0.4, 0.5) is 10.5 Å². The maximum atomic E-state index is 11.8. The SMILES string of the molecule is Cc1ccc([N+](=O)[O-])c(COC(=O)n2ccnc2C)c1. The molecule has 0 aliphatic rings. The molecule has 2 aromatic rings. The molecule has 0 saturated carbocycles. The predicted molar refractivity (Wildman–Crippen MR) is 70.4 cm³/mol. The van der Waals surface area contributed by atoms with Crippen molar-refractivity contribution >= 4 is 11.8 Å². The van der Waals surface area contributed by atoms with Gasteiger partial charge in [0.05, 0.1) is 10.5 Å². The number of carbonyl (C=O) groups is 1. The van der Waals surface area contributed by atoms with E-state index in [-0.39, 0.29) is 12.3 Å². The summed E-state index contributed by atoms with van der Waals surface area (Å²) in [6.07, 6.45) is 2.34. The molecule has 1 aromatic carbocycles. The van der Waals surface area contributed by atoms with Crippen molar-refractivity contribution in [3.63, 3.8) is 0 Å². The first-order chi connectivity index (χ1) is 9.49. The third kappa shape index (κ3) is 2.82. The first kappa shape index (κ1) is 13.7. The van der Waals surface area contributed by atoms with E-state index in [1.165, 1.54) is 23.0 Å². The molecule has 2 rings (SSSR count). The third-order valence-electron chi connectivity index (χ3n) is 2.81. The molecule has 1 heterocycles. The van der Waals surface area contributed by atoms with E-state index in [1.54, 1.807) is 19.1 Å². The number of nitro groups is 1. The monoisotopic (exact) mass is 275 g/mol. The minimum Gasteiger partial charge on any atom is -0.444 e. The van der Waals surface area contributed by atoms with Gasteiger partial charge < -0.3 is 4.74 Å². The predicted octanol–water partition coefficient (Wildman–Crippen LogP) is 2.59. The second-order valence-electron chi connectivity index (χ2n) is 4.29. The zero-order valence-electron chi connectivity index (χ0n) is 11.1. The van der Waals surface area contributed by atoms with Gasteiger partial charge >= 0.3 is 6.09 Å². The van der Waals surface area contributed by atoms with Crippen molar-refractivity contribution in [2.24, 2.45) is 0 Å². The lowest BCUT2D eigenvalue weighted by Gasteiger charge is -2.07. The number of nitrogens with zero attached hydrogens (tertiary/aromatic N) is 3. The molecular weight excluding hydrogens is 262 g/mol. The largest absolute Gasteiger partial charge is 0.444 e. The number of carbonyl (C=O) groups excluding carboxylic acids is 1. The first-order valence-corrected chi connectivity index (χ1v) is 5.90. The Balaban J connectivity index is 2.15. The Morgan fingerprint density at radius 1 is 1.45 bits per heavy atom. The summed E-state index contributed by atoms with van der Waals surface area (Å²) in [5.41, 5.74) is 1.16. The van der Waals surface area contributed by atoms with E-state index >= 15 is 0 Å². The lowest BCUT2D eigenvalue weighted by atomic mass is 10.1. The number of benzene rings is 1. The molecule has 0 unspecified atom stereocenters. The Morgan fingerprint density at radius 3 is 2.80 bits per heavy atom. The topological polar surface area (TPSA) is 87.3 Å². The normalized spacial score (nSPS) is 10.3. The Hall–Kier alpha value is -2.70. The van der Waals surface area contributed by atoms with Gasteiger partial charge in [0, 0.05) is 18.5 Å². The summed E-state index contributed by atoms with van der Waals surface area (Å²) in [7, 11) is 0. The van der Waals surface area contributed by atoms with E-state index in [2.05, 4.69) is 4.98 Å². The number of ether oxygens (including phenoxy) is 1. The van der Waals surface area contributed by atoms with Crippen molar-refractivity contribution in [1.82, 2.24) is 9.55 Å². The molecule has 7 heteroatoms. The van der Waals surface area contributed by atoms with Crippen molar-refractivity contribution < 1.29 is 14.5 Å². The summed E-state index contributed by atoms with van der Waals surface area (Å²) >= 11 is 0. The van der Waals surface area contributed by atoms with Crippen LogP contribution >= 0.6 is 0 Å². The van der Waals surface area contributed by atoms with Crippen molar-refractivity contribution in [3.05, 3.63) is 57.7 Å². The lowest BCUT2D eigenvalue weighted by molar-refractivity contribution is -0.385. The number of hydrogen-bond donors (Lipinski definition) is 0. The number of nitro benzene ring substituents is 1. The number of imidazole rings is 1. The maximum absolute atomic E-state index is 11.8. The minimum absolute atomic E-state index is 0.0641. The summed E-state index contributed by atoms with van der Waals surface area (Å²) in [5, 5.41) is 10.9. The molecule has 0 bridgehead atoms. The molecule has 0 N–H and O–H groups in total. The van der Waals surface area contributed by atoms with Gasteiger partial charge in [0.15, 0.2) is 0 Å². The summed E-state index contributed by atoms with van der Waals surface area (Å²) in [6.45, 7) is 3.32. The van der Waals surface area contributed by atoms with E-state index in [0.29, 0.717) is 11.4 Å². The Morgan fingerprint density at radius 2 is 2.20 bits per heavy atom. The number of hydrogen-bond acceptors (Lipinski definition) is 5. The summed E-state index contributed by atoms with van der Waals surface area (Å²) in [6, 6.07) is 4.68. The molecule has 0 atom stereocenters. The van der Waals surface area contributed by atoms with Gasteiger partial charge in [0.2, 0.25) is 0 Å². The van der Waals surface area contributed by atoms with Crippen LogP contribution in [0.5, 0.6) is 0 Å². The highest BCUT2D eigenvalue weighted by molar-refractivity contribution is 5.71. The Bertz CT molecular complexity index is 663. The fourth-order valence-corrected chi connectivity index (χ4v) is 1.79. The molecule has 7 nitrogen and oxygen atoms in total. The molecule has 0 amide bonds. The van der Waals surface area contributed by atoms with Crippen molar-refractivity contribution in [2.75, 3.05) is 0 Å². The number of rotatable bonds is 3. The van der Waals surface area contributed by atoms with E-state index in [1.807, 2.05) is 6.92 Å². The summed E-state index contributed by atoms with van der Waals surface area (Å²) in [5.74, 6) is 0.494. The van der Waals surface area contributed by atoms with Crippen LogP contribution in [-0.2, 0) is 11.3 Å². The minimum atomic E-state index is -0.615. The highest BCUT2D eigenvalue weighted by Gasteiger charge is 2.16. The zero-order chi connectivity index (χ0) is 14.7. The van der Waals surface area contributed by atoms with Crippen LogP contribution in [0.25, 0.3) is 0 Å². The quantitative estimate of drug-likeness (QED) is 0.634. The molecule has 0 saturated heterocycles. The molecule has 0 spiro atoms. The van der Waals surface area contributed by atoms with Crippen LogP contribution in [0.2, 0.25) is 0 Å². The van der Waals surface area contributed by atoms with E-state index in [4.69, 9.17) is 4.74 Å². The van der Waals surface area contributed by atoms with Crippen molar-refractivity contribution in [3.8, 4) is 0 Å². The fourth-order valence-electron chi connectivity index (χ4n) is 1.79. The van der Waals surface area contributed by atoms with E-state index in [9.17, 15) is 14.9 Å². The standard InChI is InChI=1S/C13H13N3O4/c1-9-3-4-12(16(18)19)11(7-9)8-20-13(17)15-6-5-14-10(15)2/h3-7H,8H2,1-2H3. The van der Waals surface area contributed by atoms with Gasteiger partial charge in [0.1, 0.15) is 12.4 Å². The van der Waals surface area contributed by atoms with Gasteiger partial charge in [-0.3, -0.25) is 10.1 Å². The van der Waals surface area contributed by atoms with Gasteiger partial charge in [-0.1, -0.05) is 11.6 Å². The maximum Gasteiger partial charge on any atom is 0.419 e. The van der Waals surface area contributed by atoms with Gasteiger partial charge in [-0.25, -0.2) is 14.3 Å². The van der Waals surface area contributed by atoms with Crippen LogP contribution in [0, 0.1) is 24.0 Å². The molecule has 104 valence electrons. The summed E-state index contributed by atoms with van der Waals surface area (Å²) < 4.78 is 6.32. The highest BCUT2D eigenvalue weighted by Crippen LogP contribution is 2.20. The van der Waals surface area contributed by atoms with Crippen LogP contribution in [-0.4, -0.2) is 20.6 Å².